The number of anilines is 2. The number of nitrogen functional groups attached to an aromatic ring is 2. The van der Waals surface area contributed by atoms with Crippen LogP contribution in [-0.4, -0.2) is 184 Å². The molecular weight excluding hydrogens is 1130 g/mol. The number of aliphatic hydroxyl groups excluding tert-OH is 1. The second-order valence-electron chi connectivity index (χ2n) is 20.6. The van der Waals surface area contributed by atoms with Crippen LogP contribution in [0.4, 0.5) is 11.9 Å². The number of thioether (sulfide) groups is 3. The van der Waals surface area contributed by atoms with Crippen molar-refractivity contribution < 1.29 is 46.7 Å². The molecule has 7 N–H and O–H groups in total. The molecule has 4 rings (SSSR count). The van der Waals surface area contributed by atoms with Gasteiger partial charge in [-0.1, -0.05) is 97.6 Å². The standard InChI is InChI=1S/C26H42N7O6PS2.C16H26N7O4P.C7H14O2S/c1-25(2,3)22(35)41-16-13-38-40(37,39-14-17-42-23(36)26(4,5)6)15-12-32(9-8-28-7)10-11-33-18-29-19-20(33)30-24(27)31-21(19)34;1-4-26-28(25,27-5-2)11-10-22(7-6-18-3)8-9-23-12-19-13-14(23)20-16(17)21-15(13)24;1-7(2,3)6(9)10-5-4-8/h18H,8-17H2,1-6H3,(H3,27,30,31,34);12H,4-11H2,1-2H3,(H3,17,20,21,24);8H,4-5H2,1-3H3. The van der Waals surface area contributed by atoms with Crippen LogP contribution >= 0.6 is 50.5 Å². The van der Waals surface area contributed by atoms with Crippen LogP contribution in [0.3, 0.4) is 0 Å². The van der Waals surface area contributed by atoms with Gasteiger partial charge in [0, 0.05) is 72.8 Å². The molecule has 0 fully saturated rings. The van der Waals surface area contributed by atoms with Crippen molar-refractivity contribution in [3.05, 3.63) is 56.2 Å². The van der Waals surface area contributed by atoms with E-state index < -0.39 is 31.6 Å². The molecule has 4 aromatic heterocycles. The van der Waals surface area contributed by atoms with Crippen LogP contribution in [0.15, 0.2) is 22.2 Å². The number of H-pyrrole nitrogens is 2. The molecule has 0 bridgehead atoms. The third kappa shape index (κ3) is 26.2. The van der Waals surface area contributed by atoms with E-state index in [1.54, 1.807) is 23.0 Å². The molecule has 4 aromatic rings. The van der Waals surface area contributed by atoms with Gasteiger partial charge in [-0.05, 0) is 13.8 Å². The van der Waals surface area contributed by atoms with Gasteiger partial charge in [-0.2, -0.15) is 9.97 Å². The fourth-order valence-corrected chi connectivity index (χ4v) is 12.3. The quantitative estimate of drug-likeness (QED) is 0.0219. The van der Waals surface area contributed by atoms with Crippen molar-refractivity contribution in [2.75, 3.05) is 126 Å². The molecule has 0 aliphatic heterocycles. The molecule has 80 heavy (non-hydrogen) atoms. The average Bonchev–Trinajstić information content (AvgIpc) is 3.99. The van der Waals surface area contributed by atoms with E-state index in [0.717, 1.165) is 23.5 Å². The Balaban J connectivity index is 0.000000491. The van der Waals surface area contributed by atoms with E-state index >= 15 is 0 Å². The summed E-state index contributed by atoms with van der Waals surface area (Å²) in [6, 6.07) is 0. The molecule has 0 saturated heterocycles. The number of imidazole rings is 2. The van der Waals surface area contributed by atoms with Crippen molar-refractivity contribution in [1.82, 2.24) is 48.8 Å². The number of hydrogen-bond donors (Lipinski definition) is 5. The van der Waals surface area contributed by atoms with E-state index in [2.05, 4.69) is 39.6 Å². The highest BCUT2D eigenvalue weighted by Gasteiger charge is 2.29. The Morgan fingerprint density at radius 1 is 0.625 bits per heavy atom. The van der Waals surface area contributed by atoms with Gasteiger partial charge in [-0.3, -0.25) is 52.9 Å². The highest BCUT2D eigenvalue weighted by atomic mass is 32.2. The van der Waals surface area contributed by atoms with Gasteiger partial charge in [0.05, 0.1) is 71.1 Å². The second kappa shape index (κ2) is 34.8. The lowest BCUT2D eigenvalue weighted by atomic mass is 9.99. The van der Waals surface area contributed by atoms with Crippen molar-refractivity contribution in [3.63, 3.8) is 0 Å². The number of aromatic amines is 2. The van der Waals surface area contributed by atoms with Crippen molar-refractivity contribution in [2.24, 2.45) is 16.2 Å². The Labute approximate surface area is 481 Å². The molecule has 26 nitrogen and oxygen atoms in total. The summed E-state index contributed by atoms with van der Waals surface area (Å²) in [5, 5.41) is 8.57. The number of carbonyl (C=O) groups excluding carboxylic acids is 3. The number of rotatable bonds is 30. The first-order valence-electron chi connectivity index (χ1n) is 25.9. The van der Waals surface area contributed by atoms with Crippen LogP contribution < -0.4 is 22.6 Å². The molecule has 4 heterocycles. The number of aliphatic hydroxyl groups is 1. The van der Waals surface area contributed by atoms with Crippen LogP contribution in [0.1, 0.15) is 76.2 Å². The Hall–Kier alpha value is -4.48. The maximum absolute atomic E-state index is 13.8. The zero-order valence-corrected chi connectivity index (χ0v) is 52.2. The number of nitrogens with zero attached hydrogens (tertiary/aromatic N) is 10. The number of aromatic nitrogens is 8. The molecule has 0 saturated carbocycles. The molecule has 0 aliphatic carbocycles. The zero-order chi connectivity index (χ0) is 60.3. The number of nitrogens with one attached hydrogen (secondary N) is 2. The van der Waals surface area contributed by atoms with Gasteiger partial charge in [0.2, 0.25) is 25.0 Å². The lowest BCUT2D eigenvalue weighted by molar-refractivity contribution is -0.118. The van der Waals surface area contributed by atoms with Gasteiger partial charge in [-0.25, -0.2) is 23.1 Å². The van der Waals surface area contributed by atoms with Gasteiger partial charge in [0.25, 0.3) is 11.1 Å². The minimum Gasteiger partial charge on any atom is -0.396 e. The van der Waals surface area contributed by atoms with Crippen LogP contribution in [0.5, 0.6) is 0 Å². The van der Waals surface area contributed by atoms with E-state index in [1.165, 1.54) is 24.4 Å². The van der Waals surface area contributed by atoms with Gasteiger partial charge in [0.15, 0.2) is 37.7 Å². The first-order chi connectivity index (χ1) is 37.5. The molecule has 0 amide bonds. The summed E-state index contributed by atoms with van der Waals surface area (Å²) in [5.74, 6) is 1.17. The monoisotopic (exact) mass is 1220 g/mol. The molecule has 0 spiro atoms. The van der Waals surface area contributed by atoms with Crippen LogP contribution in [-0.2, 0) is 54.7 Å². The zero-order valence-electron chi connectivity index (χ0n) is 48.0. The molecule has 0 atom stereocenters. The van der Waals surface area contributed by atoms with Gasteiger partial charge in [0.1, 0.15) is 0 Å². The molecule has 0 unspecified atom stereocenters. The predicted molar refractivity (Wildman–Crippen MR) is 319 cm³/mol. The normalized spacial score (nSPS) is 12.2. The second-order valence-corrected chi connectivity index (χ2v) is 28.2. The van der Waals surface area contributed by atoms with E-state index in [9.17, 15) is 33.1 Å². The molecule has 448 valence electrons. The maximum Gasteiger partial charge on any atom is 0.332 e. The fraction of sp³-hybridized carbons (Fsp3) is 0.694. The number of nitrogens with two attached hydrogens (primary N) is 2. The summed E-state index contributed by atoms with van der Waals surface area (Å²) in [7, 11) is -6.76. The van der Waals surface area contributed by atoms with Gasteiger partial charge < -0.3 is 53.5 Å². The summed E-state index contributed by atoms with van der Waals surface area (Å²) in [6.45, 7) is 39.3. The smallest absolute Gasteiger partial charge is 0.332 e. The molecule has 0 aromatic carbocycles. The first kappa shape index (κ1) is 71.6. The summed E-state index contributed by atoms with van der Waals surface area (Å²) < 4.78 is 52.0. The molecule has 0 radical (unpaired) electrons. The molecule has 31 heteroatoms. The van der Waals surface area contributed by atoms with Crippen LogP contribution in [0.2, 0.25) is 0 Å². The highest BCUT2D eigenvalue weighted by Crippen LogP contribution is 2.49. The van der Waals surface area contributed by atoms with Crippen molar-refractivity contribution >= 4 is 100 Å². The lowest BCUT2D eigenvalue weighted by Crippen LogP contribution is -2.33. The summed E-state index contributed by atoms with van der Waals surface area (Å²) >= 11 is 3.44. The van der Waals surface area contributed by atoms with Crippen LogP contribution in [0, 0.1) is 29.4 Å². The fourth-order valence-electron chi connectivity index (χ4n) is 6.48. The maximum atomic E-state index is 13.8. The number of fused-ring (bicyclic) bond motifs is 2. The first-order valence-corrected chi connectivity index (χ1v) is 32.3. The minimum atomic E-state index is -3.60. The van der Waals surface area contributed by atoms with E-state index in [-0.39, 0.29) is 87.9 Å². The number of carbonyl (C=O) groups is 3. The van der Waals surface area contributed by atoms with Gasteiger partial charge in [-0.15, -0.1) is 0 Å². The van der Waals surface area contributed by atoms with Crippen molar-refractivity contribution in [2.45, 2.75) is 89.3 Å². The lowest BCUT2D eigenvalue weighted by Gasteiger charge is -2.24. The van der Waals surface area contributed by atoms with Crippen LogP contribution in [0.25, 0.3) is 32.0 Å². The topological polar surface area (TPSA) is 337 Å². The SMILES string of the molecule is CC(C)(C)C(=O)SCCO.[C-]#[N+]CCN(CCn1cnc2c(=O)[nH]c(N)nc21)CCP(=O)(OCC)OCC.[C-]#[N+]CCN(CCn1cnc2c(=O)[nH]c(N)nc21)CCP(=O)(OCCSC(=O)C(C)(C)C)OCCSC(=O)C(C)(C)C. The van der Waals surface area contributed by atoms with E-state index in [1.807, 2.05) is 72.1 Å². The largest absolute Gasteiger partial charge is 0.396 e. The summed E-state index contributed by atoms with van der Waals surface area (Å²) in [6.07, 6.45) is 3.33. The Bertz CT molecular complexity index is 2850. The summed E-state index contributed by atoms with van der Waals surface area (Å²) in [4.78, 5) is 91.7. The van der Waals surface area contributed by atoms with E-state index in [4.69, 9.17) is 47.8 Å². The third-order valence-corrected chi connectivity index (χ3v) is 18.5. The number of hydrogen-bond acceptors (Lipinski definition) is 23. The predicted octanol–water partition coefficient (Wildman–Crippen LogP) is 6.23. The Morgan fingerprint density at radius 2 is 0.975 bits per heavy atom. The molecular formula is C49H82N14O12P2S3. The highest BCUT2D eigenvalue weighted by molar-refractivity contribution is 8.14. The minimum absolute atomic E-state index is 0.00882. The Kier molecular flexibility index (Phi) is 31.2. The third-order valence-electron chi connectivity index (χ3n) is 10.8. The van der Waals surface area contributed by atoms with Crippen molar-refractivity contribution in [1.29, 1.82) is 0 Å². The average molecular weight is 1220 g/mol. The van der Waals surface area contributed by atoms with E-state index in [0.29, 0.717) is 101 Å². The molecule has 0 aliphatic rings. The summed E-state index contributed by atoms with van der Waals surface area (Å²) in [5.41, 5.74) is 10.4. The van der Waals surface area contributed by atoms with Gasteiger partial charge >= 0.3 is 15.2 Å². The van der Waals surface area contributed by atoms with Crippen molar-refractivity contribution in [3.8, 4) is 0 Å². The Morgan fingerprint density at radius 3 is 1.30 bits per heavy atom.